The minimum absolute atomic E-state index is 0.397. The van der Waals surface area contributed by atoms with Gasteiger partial charge in [-0.15, -0.1) is 0 Å². The van der Waals surface area contributed by atoms with E-state index in [1.807, 2.05) is 13.8 Å². The molecule has 3 heteroatoms. The fraction of sp³-hybridized carbons (Fsp3) is 0.200. The summed E-state index contributed by atoms with van der Waals surface area (Å²) in [6, 6.07) is 3.54. The SMILES string of the molecule is CC(C)=C(C(N)=O)c1ccncc1. The summed E-state index contributed by atoms with van der Waals surface area (Å²) in [6.07, 6.45) is 3.28. The van der Waals surface area contributed by atoms with Gasteiger partial charge in [-0.1, -0.05) is 5.57 Å². The monoisotopic (exact) mass is 176 g/mol. The number of allylic oxidation sites excluding steroid dienone is 1. The fourth-order valence-electron chi connectivity index (χ4n) is 1.20. The molecule has 1 aromatic heterocycles. The van der Waals surface area contributed by atoms with Gasteiger partial charge in [-0.25, -0.2) is 0 Å². The number of nitrogens with zero attached hydrogens (tertiary/aromatic N) is 1. The van der Waals surface area contributed by atoms with E-state index in [-0.39, 0.29) is 0 Å². The van der Waals surface area contributed by atoms with Crippen LogP contribution in [0.5, 0.6) is 0 Å². The summed E-state index contributed by atoms with van der Waals surface area (Å²) in [4.78, 5) is 15.0. The second kappa shape index (κ2) is 3.85. The highest BCUT2D eigenvalue weighted by Crippen LogP contribution is 2.16. The summed E-state index contributed by atoms with van der Waals surface area (Å²) >= 11 is 0. The lowest BCUT2D eigenvalue weighted by Crippen LogP contribution is -2.14. The Morgan fingerprint density at radius 2 is 1.85 bits per heavy atom. The molecule has 0 saturated heterocycles. The quantitative estimate of drug-likeness (QED) is 0.692. The Bertz CT molecular complexity index is 337. The maximum atomic E-state index is 11.1. The summed E-state index contributed by atoms with van der Waals surface area (Å²) in [5.74, 6) is -0.397. The van der Waals surface area contributed by atoms with E-state index in [1.54, 1.807) is 24.5 Å². The van der Waals surface area contributed by atoms with Crippen LogP contribution >= 0.6 is 0 Å². The summed E-state index contributed by atoms with van der Waals surface area (Å²) in [5.41, 5.74) is 7.56. The van der Waals surface area contributed by atoms with Gasteiger partial charge < -0.3 is 5.73 Å². The van der Waals surface area contributed by atoms with Gasteiger partial charge in [0.1, 0.15) is 0 Å². The second-order valence-corrected chi connectivity index (χ2v) is 2.98. The molecule has 0 bridgehead atoms. The number of hydrogen-bond donors (Lipinski definition) is 1. The number of pyridine rings is 1. The molecular formula is C10H12N2O. The second-order valence-electron chi connectivity index (χ2n) is 2.98. The van der Waals surface area contributed by atoms with E-state index >= 15 is 0 Å². The average Bonchev–Trinajstić information content (AvgIpc) is 2.04. The molecule has 0 saturated carbocycles. The van der Waals surface area contributed by atoms with Crippen molar-refractivity contribution in [2.75, 3.05) is 0 Å². The number of primary amides is 1. The maximum absolute atomic E-state index is 11.1. The van der Waals surface area contributed by atoms with Crippen molar-refractivity contribution in [2.24, 2.45) is 5.73 Å². The standard InChI is InChI=1S/C10H12N2O/c1-7(2)9(10(11)13)8-3-5-12-6-4-8/h3-6H,1-2H3,(H2,11,13). The first kappa shape index (κ1) is 9.45. The molecule has 3 nitrogen and oxygen atoms in total. The van der Waals surface area contributed by atoms with Crippen LogP contribution in [0.4, 0.5) is 0 Å². The molecule has 0 fully saturated rings. The first-order valence-corrected chi connectivity index (χ1v) is 4.00. The minimum Gasteiger partial charge on any atom is -0.366 e. The molecule has 13 heavy (non-hydrogen) atoms. The van der Waals surface area contributed by atoms with Crippen molar-refractivity contribution in [1.29, 1.82) is 0 Å². The lowest BCUT2D eigenvalue weighted by atomic mass is 10.0. The molecule has 0 radical (unpaired) electrons. The van der Waals surface area contributed by atoms with Crippen LogP contribution in [-0.4, -0.2) is 10.9 Å². The van der Waals surface area contributed by atoms with Gasteiger partial charge >= 0.3 is 0 Å². The van der Waals surface area contributed by atoms with E-state index in [0.29, 0.717) is 5.57 Å². The Morgan fingerprint density at radius 3 is 2.23 bits per heavy atom. The van der Waals surface area contributed by atoms with Crippen molar-refractivity contribution in [3.05, 3.63) is 35.7 Å². The van der Waals surface area contributed by atoms with Crippen LogP contribution in [0.3, 0.4) is 0 Å². The van der Waals surface area contributed by atoms with E-state index < -0.39 is 5.91 Å². The molecule has 1 heterocycles. The van der Waals surface area contributed by atoms with Crippen LogP contribution in [-0.2, 0) is 4.79 Å². The first-order valence-electron chi connectivity index (χ1n) is 4.00. The van der Waals surface area contributed by atoms with Crippen molar-refractivity contribution in [3.8, 4) is 0 Å². The third-order valence-corrected chi connectivity index (χ3v) is 1.72. The van der Waals surface area contributed by atoms with E-state index in [4.69, 9.17) is 5.73 Å². The van der Waals surface area contributed by atoms with Gasteiger partial charge in [0.2, 0.25) is 5.91 Å². The largest absolute Gasteiger partial charge is 0.366 e. The Morgan fingerprint density at radius 1 is 1.31 bits per heavy atom. The van der Waals surface area contributed by atoms with Crippen LogP contribution in [0.1, 0.15) is 19.4 Å². The molecular weight excluding hydrogens is 164 g/mol. The molecule has 1 aromatic rings. The van der Waals surface area contributed by atoms with Crippen LogP contribution in [0.15, 0.2) is 30.1 Å². The van der Waals surface area contributed by atoms with Crippen LogP contribution < -0.4 is 5.73 Å². The lowest BCUT2D eigenvalue weighted by Gasteiger charge is -2.04. The molecule has 0 aliphatic heterocycles. The van der Waals surface area contributed by atoms with E-state index in [1.165, 1.54) is 0 Å². The zero-order chi connectivity index (χ0) is 9.84. The third kappa shape index (κ3) is 2.15. The predicted octanol–water partition coefficient (Wildman–Crippen LogP) is 1.36. The van der Waals surface area contributed by atoms with Gasteiger partial charge in [-0.3, -0.25) is 9.78 Å². The fourth-order valence-corrected chi connectivity index (χ4v) is 1.20. The molecule has 0 aliphatic carbocycles. The van der Waals surface area contributed by atoms with Gasteiger partial charge in [0, 0.05) is 18.0 Å². The highest BCUT2D eigenvalue weighted by atomic mass is 16.1. The van der Waals surface area contributed by atoms with Crippen LogP contribution in [0.25, 0.3) is 5.57 Å². The van der Waals surface area contributed by atoms with E-state index in [2.05, 4.69) is 4.98 Å². The lowest BCUT2D eigenvalue weighted by molar-refractivity contribution is -0.112. The molecule has 68 valence electrons. The molecule has 0 unspecified atom stereocenters. The summed E-state index contributed by atoms with van der Waals surface area (Å²) in [5, 5.41) is 0. The number of amides is 1. The van der Waals surface area contributed by atoms with E-state index in [0.717, 1.165) is 11.1 Å². The maximum Gasteiger partial charge on any atom is 0.249 e. The van der Waals surface area contributed by atoms with Crippen molar-refractivity contribution in [3.63, 3.8) is 0 Å². The average molecular weight is 176 g/mol. The number of hydrogen-bond acceptors (Lipinski definition) is 2. The minimum atomic E-state index is -0.397. The molecule has 1 amide bonds. The number of carbonyl (C=O) groups is 1. The molecule has 0 aromatic carbocycles. The van der Waals surface area contributed by atoms with Crippen LogP contribution in [0, 0.1) is 0 Å². The Kier molecular flexibility index (Phi) is 2.80. The zero-order valence-electron chi connectivity index (χ0n) is 7.74. The number of aromatic nitrogens is 1. The van der Waals surface area contributed by atoms with Gasteiger partial charge in [0.25, 0.3) is 0 Å². The molecule has 2 N–H and O–H groups in total. The number of rotatable bonds is 2. The predicted molar refractivity (Wildman–Crippen MR) is 51.7 cm³/mol. The molecule has 0 atom stereocenters. The summed E-state index contributed by atoms with van der Waals surface area (Å²) in [6.45, 7) is 3.72. The smallest absolute Gasteiger partial charge is 0.249 e. The van der Waals surface area contributed by atoms with Gasteiger partial charge in [-0.2, -0.15) is 0 Å². The Hall–Kier alpha value is -1.64. The highest BCUT2D eigenvalue weighted by molar-refractivity contribution is 6.19. The first-order chi connectivity index (χ1) is 6.13. The van der Waals surface area contributed by atoms with Gasteiger partial charge in [0.05, 0.1) is 0 Å². The van der Waals surface area contributed by atoms with E-state index in [9.17, 15) is 4.79 Å². The van der Waals surface area contributed by atoms with Crippen molar-refractivity contribution in [2.45, 2.75) is 13.8 Å². The molecule has 0 spiro atoms. The van der Waals surface area contributed by atoms with Crippen LogP contribution in [0.2, 0.25) is 0 Å². The van der Waals surface area contributed by atoms with Crippen molar-refractivity contribution < 1.29 is 4.79 Å². The van der Waals surface area contributed by atoms with Gasteiger partial charge in [0.15, 0.2) is 0 Å². The van der Waals surface area contributed by atoms with Crippen molar-refractivity contribution in [1.82, 2.24) is 4.98 Å². The Balaban J connectivity index is 3.20. The number of carbonyl (C=O) groups excluding carboxylic acids is 1. The normalized spacial score (nSPS) is 9.38. The summed E-state index contributed by atoms with van der Waals surface area (Å²) in [7, 11) is 0. The highest BCUT2D eigenvalue weighted by Gasteiger charge is 2.08. The molecule has 0 aliphatic rings. The zero-order valence-corrected chi connectivity index (χ0v) is 7.74. The third-order valence-electron chi connectivity index (χ3n) is 1.72. The van der Waals surface area contributed by atoms with Gasteiger partial charge in [-0.05, 0) is 31.5 Å². The summed E-state index contributed by atoms with van der Waals surface area (Å²) < 4.78 is 0. The topological polar surface area (TPSA) is 56.0 Å². The molecule has 1 rings (SSSR count). The Labute approximate surface area is 77.3 Å². The number of nitrogens with two attached hydrogens (primary N) is 1. The van der Waals surface area contributed by atoms with Crippen molar-refractivity contribution >= 4 is 11.5 Å².